The molecule has 0 aliphatic carbocycles. The maximum atomic E-state index is 13.8. The van der Waals surface area contributed by atoms with Crippen molar-refractivity contribution in [2.45, 2.75) is 52.3 Å². The maximum Gasteiger partial charge on any atom is 0.257 e. The summed E-state index contributed by atoms with van der Waals surface area (Å²) in [7, 11) is 0. The summed E-state index contributed by atoms with van der Waals surface area (Å²) in [5.74, 6) is -0.234. The van der Waals surface area contributed by atoms with Crippen molar-refractivity contribution in [2.75, 3.05) is 26.2 Å². The van der Waals surface area contributed by atoms with Crippen molar-refractivity contribution in [3.05, 3.63) is 83.1 Å². The van der Waals surface area contributed by atoms with Crippen LogP contribution in [0.3, 0.4) is 0 Å². The lowest BCUT2D eigenvalue weighted by Gasteiger charge is -2.24. The number of rotatable bonds is 3. The van der Waals surface area contributed by atoms with Crippen LogP contribution in [0.5, 0.6) is 5.75 Å². The molecule has 0 spiro atoms. The van der Waals surface area contributed by atoms with E-state index in [9.17, 15) is 19.5 Å². The molecule has 4 heterocycles. The minimum absolute atomic E-state index is 0.0757. The van der Waals surface area contributed by atoms with E-state index in [1.807, 2.05) is 19.2 Å². The Bertz CT molecular complexity index is 1650. The molecule has 0 unspecified atom stereocenters. The van der Waals surface area contributed by atoms with E-state index in [1.54, 1.807) is 57.7 Å². The highest BCUT2D eigenvalue weighted by Gasteiger charge is 2.27. The summed E-state index contributed by atoms with van der Waals surface area (Å²) in [5, 5.41) is 28.6. The third kappa shape index (κ3) is 7.52. The minimum atomic E-state index is -1.22. The molecule has 0 saturated carbocycles. The predicted octanol–water partition coefficient (Wildman–Crippen LogP) is 1.24. The Kier molecular flexibility index (Phi) is 9.82. The first-order valence-electron chi connectivity index (χ1n) is 14.9. The molecule has 0 saturated heterocycles. The van der Waals surface area contributed by atoms with E-state index in [-0.39, 0.29) is 19.0 Å². The van der Waals surface area contributed by atoms with Gasteiger partial charge >= 0.3 is 0 Å². The number of ether oxygens (including phenoxy) is 1. The van der Waals surface area contributed by atoms with E-state index in [0.29, 0.717) is 66.6 Å². The third-order valence-electron chi connectivity index (χ3n) is 7.59. The molecule has 3 aromatic heterocycles. The third-order valence-corrected chi connectivity index (χ3v) is 7.59. The van der Waals surface area contributed by atoms with Crippen LogP contribution in [-0.4, -0.2) is 95.9 Å². The fourth-order valence-corrected chi connectivity index (χ4v) is 4.99. The largest absolute Gasteiger partial charge is 0.493 e. The molecule has 2 atom stereocenters. The lowest BCUT2D eigenvalue weighted by atomic mass is 10.1. The van der Waals surface area contributed by atoms with Crippen molar-refractivity contribution in [3.63, 3.8) is 0 Å². The molecule has 3 N–H and O–H groups in total. The van der Waals surface area contributed by atoms with Gasteiger partial charge in [0.15, 0.2) is 5.82 Å². The van der Waals surface area contributed by atoms with Gasteiger partial charge in [-0.3, -0.25) is 19.1 Å². The van der Waals surface area contributed by atoms with Gasteiger partial charge in [-0.05, 0) is 50.6 Å². The molecule has 5 rings (SSSR count). The zero-order valence-corrected chi connectivity index (χ0v) is 25.5. The predicted molar refractivity (Wildman–Crippen MR) is 163 cm³/mol. The highest BCUT2D eigenvalue weighted by atomic mass is 16.5. The Morgan fingerprint density at radius 3 is 2.76 bits per heavy atom. The van der Waals surface area contributed by atoms with E-state index < -0.39 is 24.0 Å². The Balaban J connectivity index is 1.38. The summed E-state index contributed by atoms with van der Waals surface area (Å²) in [6, 6.07) is 9.25. The molecule has 4 aromatic rings. The van der Waals surface area contributed by atoms with Crippen molar-refractivity contribution in [2.24, 2.45) is 0 Å². The number of carbonyl (C=O) groups is 3. The van der Waals surface area contributed by atoms with Gasteiger partial charge < -0.3 is 25.4 Å². The first-order valence-corrected chi connectivity index (χ1v) is 14.9. The van der Waals surface area contributed by atoms with Crippen LogP contribution in [-0.2, 0) is 17.8 Å². The zero-order chi connectivity index (χ0) is 31.9. The number of benzene rings is 1. The Morgan fingerprint density at radius 1 is 1.13 bits per heavy atom. The molecule has 3 amide bonds. The zero-order valence-electron chi connectivity index (χ0n) is 25.5. The first kappa shape index (κ1) is 31.3. The van der Waals surface area contributed by atoms with Gasteiger partial charge in [0.05, 0.1) is 35.9 Å². The van der Waals surface area contributed by atoms with Gasteiger partial charge in [-0.15, -0.1) is 5.10 Å². The molecular weight excluding hydrogens is 578 g/mol. The smallest absolute Gasteiger partial charge is 0.257 e. The number of nitrogens with one attached hydrogen (secondary N) is 2. The fraction of sp³-hybridized carbons (Fsp3) is 0.387. The van der Waals surface area contributed by atoms with Gasteiger partial charge in [-0.1, -0.05) is 17.3 Å². The molecule has 1 aliphatic rings. The highest BCUT2D eigenvalue weighted by molar-refractivity contribution is 5.98. The minimum Gasteiger partial charge on any atom is -0.493 e. The van der Waals surface area contributed by atoms with E-state index >= 15 is 0 Å². The highest BCUT2D eigenvalue weighted by Crippen LogP contribution is 2.20. The number of hydrogen-bond acceptors (Lipinski definition) is 9. The van der Waals surface area contributed by atoms with Crippen molar-refractivity contribution in [3.8, 4) is 11.6 Å². The molecule has 14 heteroatoms. The van der Waals surface area contributed by atoms with Crippen LogP contribution in [0.4, 0.5) is 0 Å². The van der Waals surface area contributed by atoms with Crippen LogP contribution in [0.2, 0.25) is 0 Å². The van der Waals surface area contributed by atoms with Gasteiger partial charge in [-0.25, -0.2) is 9.67 Å². The summed E-state index contributed by atoms with van der Waals surface area (Å²) in [6.07, 6.45) is 4.91. The molecule has 45 heavy (non-hydrogen) atoms. The van der Waals surface area contributed by atoms with Crippen LogP contribution in [0.1, 0.15) is 51.0 Å². The van der Waals surface area contributed by atoms with Crippen LogP contribution < -0.4 is 15.4 Å². The Morgan fingerprint density at radius 2 is 1.98 bits per heavy atom. The van der Waals surface area contributed by atoms with Crippen molar-refractivity contribution >= 4 is 17.7 Å². The average Bonchev–Trinajstić information content (AvgIpc) is 3.65. The van der Waals surface area contributed by atoms with Crippen LogP contribution in [0.25, 0.3) is 5.82 Å². The lowest BCUT2D eigenvalue weighted by Crippen LogP contribution is -2.53. The number of amides is 3. The molecule has 236 valence electrons. The summed E-state index contributed by atoms with van der Waals surface area (Å²) < 4.78 is 9.28. The first-order chi connectivity index (χ1) is 21.7. The molecule has 1 aliphatic heterocycles. The number of aryl methyl sites for hydroxylation is 2. The van der Waals surface area contributed by atoms with Gasteiger partial charge in [0.1, 0.15) is 11.8 Å². The Labute approximate surface area is 260 Å². The van der Waals surface area contributed by atoms with Gasteiger partial charge in [-0.2, -0.15) is 5.10 Å². The van der Waals surface area contributed by atoms with E-state index in [4.69, 9.17) is 4.74 Å². The normalized spacial score (nSPS) is 17.5. The molecule has 0 radical (unpaired) electrons. The molecule has 0 fully saturated rings. The van der Waals surface area contributed by atoms with Crippen molar-refractivity contribution < 1.29 is 24.2 Å². The number of carbonyl (C=O) groups excluding carboxylic acids is 3. The number of fused-ring (bicyclic) bond motifs is 4. The van der Waals surface area contributed by atoms with Crippen LogP contribution in [0.15, 0.2) is 55.0 Å². The molecule has 1 aromatic carbocycles. The topological polar surface area (TPSA) is 169 Å². The number of aliphatic hydroxyl groups is 1. The van der Waals surface area contributed by atoms with Crippen molar-refractivity contribution in [1.82, 2.24) is 45.3 Å². The number of nitrogens with zero attached hydrogens (tertiary/aromatic N) is 7. The number of hydrogen-bond donors (Lipinski definition) is 3. The molecule has 4 bridgehead atoms. The second kappa shape index (κ2) is 14.1. The summed E-state index contributed by atoms with van der Waals surface area (Å²) in [5.41, 5.74) is 2.89. The van der Waals surface area contributed by atoms with E-state index in [2.05, 4.69) is 31.0 Å². The van der Waals surface area contributed by atoms with Gasteiger partial charge in [0, 0.05) is 57.0 Å². The summed E-state index contributed by atoms with van der Waals surface area (Å²) in [6.45, 7) is 6.60. The monoisotopic (exact) mass is 615 g/mol. The summed E-state index contributed by atoms with van der Waals surface area (Å²) in [4.78, 5) is 46.0. The quantitative estimate of drug-likeness (QED) is 0.307. The number of aromatic nitrogens is 6. The van der Waals surface area contributed by atoms with Crippen LogP contribution in [0, 0.1) is 13.8 Å². The molecular formula is C31H37N9O5. The van der Waals surface area contributed by atoms with E-state index in [1.165, 1.54) is 13.1 Å². The average molecular weight is 616 g/mol. The van der Waals surface area contributed by atoms with E-state index in [0.717, 1.165) is 5.56 Å². The second-order valence-electron chi connectivity index (χ2n) is 10.9. The molecule has 14 nitrogen and oxygen atoms in total. The standard InChI is InChI=1S/C31H37N9O5/c1-20-8-9-23-17-26(20)45-16-6-13-39-19-24(36-37-39)10-14-38(15-12-33-30(43)28(22(3)41)35-29(23)42)31(44)25-18-34-40(21(25)2)27-7-4-5-11-32-27/h4-5,7-9,11,17-19,22,28,41H,6,10,12-16H2,1-3H3,(H,33,43)(H,35,42)/t22-,28+/m1/s1. The lowest BCUT2D eigenvalue weighted by molar-refractivity contribution is -0.125. The number of aliphatic hydroxyl groups excluding tert-OH is 1. The number of pyridine rings is 1. The summed E-state index contributed by atoms with van der Waals surface area (Å²) >= 11 is 0. The van der Waals surface area contributed by atoms with Crippen molar-refractivity contribution in [1.29, 1.82) is 0 Å². The fourth-order valence-electron chi connectivity index (χ4n) is 4.99. The second-order valence-corrected chi connectivity index (χ2v) is 10.9. The Hall–Kier alpha value is -5.11. The van der Waals surface area contributed by atoms with Gasteiger partial charge in [0.2, 0.25) is 5.91 Å². The van der Waals surface area contributed by atoms with Crippen LogP contribution >= 0.6 is 0 Å². The maximum absolute atomic E-state index is 13.8. The van der Waals surface area contributed by atoms with Gasteiger partial charge in [0.25, 0.3) is 11.8 Å². The SMILES string of the molecule is Cc1ccc2cc1OCCCn1cc(nn1)CCN(C(=O)c1cnn(-c3ccccn3)c1C)CCNC(=O)[C@H]([C@@H](C)O)NC2=O.